The summed E-state index contributed by atoms with van der Waals surface area (Å²) in [5.74, 6) is 0. The molecular formula is C22H22O3S2. The zero-order valence-electron chi connectivity index (χ0n) is 15.0. The first kappa shape index (κ1) is 18.8. The van der Waals surface area contributed by atoms with E-state index in [4.69, 9.17) is 14.2 Å². The number of ether oxygens (including phenoxy) is 3. The minimum Gasteiger partial charge on any atom is -0.369 e. The van der Waals surface area contributed by atoms with Crippen molar-refractivity contribution in [3.8, 4) is 0 Å². The quantitative estimate of drug-likeness (QED) is 0.239. The van der Waals surface area contributed by atoms with E-state index in [1.165, 1.54) is 0 Å². The molecule has 2 aromatic carbocycles. The van der Waals surface area contributed by atoms with E-state index in [9.17, 15) is 0 Å². The molecule has 2 aliphatic rings. The van der Waals surface area contributed by atoms with Gasteiger partial charge in [0.2, 0.25) is 0 Å². The molecule has 3 nitrogen and oxygen atoms in total. The lowest BCUT2D eigenvalue weighted by Crippen LogP contribution is -2.45. The summed E-state index contributed by atoms with van der Waals surface area (Å²) in [6, 6.07) is 20.4. The number of epoxide rings is 2. The Labute approximate surface area is 168 Å². The van der Waals surface area contributed by atoms with Crippen molar-refractivity contribution < 1.29 is 14.2 Å². The number of hydrogen-bond acceptors (Lipinski definition) is 5. The van der Waals surface area contributed by atoms with E-state index >= 15 is 0 Å². The minimum absolute atomic E-state index is 0.0466. The van der Waals surface area contributed by atoms with Crippen LogP contribution in [-0.2, 0) is 14.2 Å². The highest BCUT2D eigenvalue weighted by molar-refractivity contribution is 8.01. The summed E-state index contributed by atoms with van der Waals surface area (Å²) in [5, 5.41) is 0. The lowest BCUT2D eigenvalue weighted by Gasteiger charge is -2.39. The summed E-state index contributed by atoms with van der Waals surface area (Å²) < 4.78 is 18.2. The molecule has 4 unspecified atom stereocenters. The molecule has 0 saturated carbocycles. The van der Waals surface area contributed by atoms with Crippen molar-refractivity contribution >= 4 is 23.5 Å². The number of benzene rings is 2. The van der Waals surface area contributed by atoms with Gasteiger partial charge in [-0.2, -0.15) is 0 Å². The fraction of sp³-hybridized carbons (Fsp3) is 0.273. The smallest absolute Gasteiger partial charge is 0.167 e. The average Bonchev–Trinajstić information content (AvgIpc) is 3.60. The van der Waals surface area contributed by atoms with Crippen LogP contribution in [0, 0.1) is 0 Å². The molecule has 0 aromatic heterocycles. The lowest BCUT2D eigenvalue weighted by atomic mass is 10.2. The highest BCUT2D eigenvalue weighted by Crippen LogP contribution is 2.52. The molecule has 2 saturated heterocycles. The third-order valence-corrected chi connectivity index (χ3v) is 7.17. The van der Waals surface area contributed by atoms with Gasteiger partial charge in [0.05, 0.1) is 13.2 Å². The summed E-state index contributed by atoms with van der Waals surface area (Å²) in [7, 11) is 0. The van der Waals surface area contributed by atoms with Crippen LogP contribution in [0.5, 0.6) is 0 Å². The summed E-state index contributed by atoms with van der Waals surface area (Å²) in [5.41, 5.74) is 0. The van der Waals surface area contributed by atoms with Crippen LogP contribution in [0.1, 0.15) is 0 Å². The van der Waals surface area contributed by atoms with Gasteiger partial charge < -0.3 is 14.2 Å². The zero-order valence-corrected chi connectivity index (χ0v) is 16.6. The molecule has 0 radical (unpaired) electrons. The fourth-order valence-corrected chi connectivity index (χ4v) is 5.33. The zero-order chi connectivity index (χ0) is 18.7. The highest BCUT2D eigenvalue weighted by Gasteiger charge is 2.56. The molecule has 140 valence electrons. The van der Waals surface area contributed by atoms with Gasteiger partial charge in [-0.15, -0.1) is 0 Å². The van der Waals surface area contributed by atoms with Gasteiger partial charge in [0.25, 0.3) is 0 Å². The van der Waals surface area contributed by atoms with E-state index in [1.54, 1.807) is 23.5 Å². The number of thioether (sulfide) groups is 2. The monoisotopic (exact) mass is 398 g/mol. The normalized spacial score (nSPS) is 25.0. The molecule has 4 rings (SSSR count). The number of rotatable bonds is 10. The highest BCUT2D eigenvalue weighted by atomic mass is 32.2. The van der Waals surface area contributed by atoms with Crippen molar-refractivity contribution in [1.29, 1.82) is 0 Å². The molecular weight excluding hydrogens is 376 g/mol. The van der Waals surface area contributed by atoms with Crippen LogP contribution in [0.2, 0.25) is 0 Å². The van der Waals surface area contributed by atoms with Crippen molar-refractivity contribution in [3.05, 3.63) is 86.0 Å². The molecule has 0 amide bonds. The van der Waals surface area contributed by atoms with E-state index < -0.39 is 9.87 Å². The van der Waals surface area contributed by atoms with Gasteiger partial charge >= 0.3 is 0 Å². The maximum Gasteiger partial charge on any atom is 0.167 e. The summed E-state index contributed by atoms with van der Waals surface area (Å²) in [6.45, 7) is 9.48. The van der Waals surface area contributed by atoms with Gasteiger partial charge in [-0.3, -0.25) is 0 Å². The molecule has 2 aliphatic heterocycles. The van der Waals surface area contributed by atoms with Crippen LogP contribution in [0.15, 0.2) is 95.8 Å². The first-order valence-corrected chi connectivity index (χ1v) is 10.5. The largest absolute Gasteiger partial charge is 0.369 e. The third kappa shape index (κ3) is 4.18. The van der Waals surface area contributed by atoms with Gasteiger partial charge in [-0.1, -0.05) is 73.1 Å². The summed E-state index contributed by atoms with van der Waals surface area (Å²) >= 11 is 3.25. The van der Waals surface area contributed by atoms with Crippen LogP contribution in [0.3, 0.4) is 0 Å². The summed E-state index contributed by atoms with van der Waals surface area (Å²) in [6.07, 6.45) is 3.62. The molecule has 2 heterocycles. The van der Waals surface area contributed by atoms with E-state index in [-0.39, 0.29) is 12.2 Å². The Kier molecular flexibility index (Phi) is 5.48. The second-order valence-electron chi connectivity index (χ2n) is 6.43. The maximum absolute atomic E-state index is 6.82. The third-order valence-electron chi connectivity index (χ3n) is 4.49. The Morgan fingerprint density at radius 2 is 1.15 bits per heavy atom. The minimum atomic E-state index is -0.719. The molecule has 2 aromatic rings. The second kappa shape index (κ2) is 7.86. The van der Waals surface area contributed by atoms with Gasteiger partial charge in [0.1, 0.15) is 12.2 Å². The molecule has 5 heteroatoms. The molecule has 0 N–H and O–H groups in total. The van der Waals surface area contributed by atoms with Gasteiger partial charge in [-0.25, -0.2) is 0 Å². The average molecular weight is 399 g/mol. The van der Waals surface area contributed by atoms with Crippen LogP contribution in [0.4, 0.5) is 0 Å². The Morgan fingerprint density at radius 1 is 0.778 bits per heavy atom. The topological polar surface area (TPSA) is 34.3 Å². The SMILES string of the molecule is C=CC(OC(C=C)(Sc1ccccc1)C1CO1)(Sc1ccccc1)C1CO1. The lowest BCUT2D eigenvalue weighted by molar-refractivity contribution is -0.0303. The maximum atomic E-state index is 6.82. The Balaban J connectivity index is 1.66. The molecule has 0 bridgehead atoms. The van der Waals surface area contributed by atoms with Crippen molar-refractivity contribution in [1.82, 2.24) is 0 Å². The van der Waals surface area contributed by atoms with Gasteiger partial charge in [0.15, 0.2) is 9.87 Å². The van der Waals surface area contributed by atoms with Crippen molar-refractivity contribution in [3.63, 3.8) is 0 Å². The second-order valence-corrected chi connectivity index (χ2v) is 9.05. The van der Waals surface area contributed by atoms with Crippen molar-refractivity contribution in [2.45, 2.75) is 31.9 Å². The van der Waals surface area contributed by atoms with Gasteiger partial charge in [0, 0.05) is 9.79 Å². The van der Waals surface area contributed by atoms with Crippen LogP contribution in [0.25, 0.3) is 0 Å². The molecule has 27 heavy (non-hydrogen) atoms. The predicted octanol–water partition coefficient (Wildman–Crippen LogP) is 5.15. The standard InChI is InChI=1S/C22H22O3S2/c1-3-21(19-15-23-19,26-17-11-7-5-8-12-17)25-22(4-2,20-16-24-20)27-18-13-9-6-10-14-18/h3-14,19-20H,1-2,15-16H2. The van der Waals surface area contributed by atoms with E-state index in [0.717, 1.165) is 9.79 Å². The Morgan fingerprint density at radius 3 is 1.44 bits per heavy atom. The summed E-state index contributed by atoms with van der Waals surface area (Å²) in [4.78, 5) is 0.770. The van der Waals surface area contributed by atoms with E-state index in [1.807, 2.05) is 48.6 Å². The fourth-order valence-electron chi connectivity index (χ4n) is 2.89. The van der Waals surface area contributed by atoms with E-state index in [2.05, 4.69) is 37.4 Å². The van der Waals surface area contributed by atoms with Crippen LogP contribution >= 0.6 is 23.5 Å². The first-order valence-electron chi connectivity index (χ1n) is 8.88. The molecule has 2 fully saturated rings. The number of hydrogen-bond donors (Lipinski definition) is 0. The Bertz CT molecular complexity index is 722. The van der Waals surface area contributed by atoms with Gasteiger partial charge in [-0.05, 0) is 36.4 Å². The van der Waals surface area contributed by atoms with Crippen LogP contribution in [-0.4, -0.2) is 35.3 Å². The Hall–Kier alpha value is -1.50. The molecule has 0 spiro atoms. The van der Waals surface area contributed by atoms with Crippen molar-refractivity contribution in [2.24, 2.45) is 0 Å². The van der Waals surface area contributed by atoms with E-state index in [0.29, 0.717) is 13.2 Å². The first-order chi connectivity index (χ1) is 13.2. The molecule has 0 aliphatic carbocycles. The predicted molar refractivity (Wildman–Crippen MR) is 111 cm³/mol. The molecule has 4 atom stereocenters. The van der Waals surface area contributed by atoms with Crippen molar-refractivity contribution in [2.75, 3.05) is 13.2 Å². The van der Waals surface area contributed by atoms with Crippen LogP contribution < -0.4 is 0 Å².